The predicted molar refractivity (Wildman–Crippen MR) is 59.5 cm³/mol. The van der Waals surface area contributed by atoms with E-state index < -0.39 is 0 Å². The molecule has 0 aromatic carbocycles. The summed E-state index contributed by atoms with van der Waals surface area (Å²) in [5, 5.41) is 0. The Bertz CT molecular complexity index is 269. The molecule has 0 N–H and O–H groups in total. The van der Waals surface area contributed by atoms with Gasteiger partial charge in [0.15, 0.2) is 5.78 Å². The fraction of sp³-hybridized carbons (Fsp3) is 0.833. The largest absolute Gasteiger partial charge is 0.330 e. The number of carbonyl (C=O) groups is 2. The molecule has 15 heavy (non-hydrogen) atoms. The van der Waals surface area contributed by atoms with Crippen molar-refractivity contribution in [3.8, 4) is 0 Å². The van der Waals surface area contributed by atoms with Crippen molar-refractivity contribution in [2.75, 3.05) is 6.54 Å². The Labute approximate surface area is 91.8 Å². The zero-order valence-corrected chi connectivity index (χ0v) is 10.2. The van der Waals surface area contributed by atoms with E-state index >= 15 is 0 Å². The van der Waals surface area contributed by atoms with E-state index in [0.29, 0.717) is 25.3 Å². The Morgan fingerprint density at radius 2 is 2.07 bits per heavy atom. The lowest BCUT2D eigenvalue weighted by Crippen LogP contribution is -2.53. The molecule has 1 fully saturated rings. The summed E-state index contributed by atoms with van der Waals surface area (Å²) in [7, 11) is 0. The molecule has 3 nitrogen and oxygen atoms in total. The van der Waals surface area contributed by atoms with Gasteiger partial charge in [-0.25, -0.2) is 0 Å². The number of likely N-dealkylation sites (tertiary alicyclic amines) is 1. The molecule has 1 saturated heterocycles. The number of ketones is 1. The highest BCUT2D eigenvalue weighted by molar-refractivity contribution is 5.88. The van der Waals surface area contributed by atoms with Gasteiger partial charge in [0.1, 0.15) is 0 Å². The molecular formula is C12H21NO2. The minimum atomic E-state index is -0.153. The third kappa shape index (κ3) is 3.05. The van der Waals surface area contributed by atoms with Gasteiger partial charge in [-0.1, -0.05) is 13.8 Å². The minimum absolute atomic E-state index is 0.114. The molecule has 3 heteroatoms. The van der Waals surface area contributed by atoms with Crippen LogP contribution in [0.1, 0.15) is 47.0 Å². The summed E-state index contributed by atoms with van der Waals surface area (Å²) in [6.45, 7) is 8.43. The van der Waals surface area contributed by atoms with Crippen LogP contribution in [0.2, 0.25) is 0 Å². The van der Waals surface area contributed by atoms with Crippen molar-refractivity contribution < 1.29 is 9.59 Å². The number of piperidine rings is 1. The second kappa shape index (κ2) is 4.33. The van der Waals surface area contributed by atoms with E-state index in [1.165, 1.54) is 0 Å². The Morgan fingerprint density at radius 3 is 2.60 bits per heavy atom. The molecule has 0 spiro atoms. The highest BCUT2D eigenvalue weighted by atomic mass is 16.2. The predicted octanol–water partition coefficient (Wildman–Crippen LogP) is 2.00. The van der Waals surface area contributed by atoms with Crippen LogP contribution in [0.5, 0.6) is 0 Å². The van der Waals surface area contributed by atoms with Crippen LogP contribution in [0, 0.1) is 5.92 Å². The van der Waals surface area contributed by atoms with E-state index in [1.54, 1.807) is 4.90 Å². The topological polar surface area (TPSA) is 37.4 Å². The summed E-state index contributed by atoms with van der Waals surface area (Å²) in [4.78, 5) is 25.0. The number of amides is 1. The molecule has 86 valence electrons. The van der Waals surface area contributed by atoms with Gasteiger partial charge in [-0.05, 0) is 26.2 Å². The molecule has 0 aliphatic carbocycles. The van der Waals surface area contributed by atoms with Crippen LogP contribution in [0.15, 0.2) is 0 Å². The molecule has 1 aliphatic rings. The van der Waals surface area contributed by atoms with Crippen LogP contribution in [-0.2, 0) is 9.59 Å². The zero-order valence-electron chi connectivity index (χ0n) is 10.2. The third-order valence-corrected chi connectivity index (χ3v) is 2.96. The van der Waals surface area contributed by atoms with E-state index in [4.69, 9.17) is 0 Å². The third-order valence-electron chi connectivity index (χ3n) is 2.96. The quantitative estimate of drug-likeness (QED) is 0.700. The standard InChI is InChI=1S/C12H21NO2/c1-9(2)7-11(15)13-8-10(14)5-6-12(13,3)4/h9H,5-8H2,1-4H3. The van der Waals surface area contributed by atoms with Crippen molar-refractivity contribution in [1.82, 2.24) is 4.90 Å². The average molecular weight is 211 g/mol. The van der Waals surface area contributed by atoms with E-state index in [2.05, 4.69) is 0 Å². The normalized spacial score (nSPS) is 20.9. The van der Waals surface area contributed by atoms with Crippen molar-refractivity contribution >= 4 is 11.7 Å². The molecule has 1 rings (SSSR count). The van der Waals surface area contributed by atoms with Crippen LogP contribution in [0.4, 0.5) is 0 Å². The summed E-state index contributed by atoms with van der Waals surface area (Å²) in [6, 6.07) is 0. The van der Waals surface area contributed by atoms with Crippen molar-refractivity contribution in [3.63, 3.8) is 0 Å². The second-order valence-corrected chi connectivity index (χ2v) is 5.43. The molecule has 0 radical (unpaired) electrons. The van der Waals surface area contributed by atoms with Gasteiger partial charge in [0.25, 0.3) is 0 Å². The Kier molecular flexibility index (Phi) is 3.53. The van der Waals surface area contributed by atoms with Crippen LogP contribution < -0.4 is 0 Å². The molecule has 0 aromatic rings. The monoisotopic (exact) mass is 211 g/mol. The van der Waals surface area contributed by atoms with Crippen LogP contribution in [0.3, 0.4) is 0 Å². The molecule has 0 saturated carbocycles. The average Bonchev–Trinajstić information content (AvgIpc) is 2.08. The fourth-order valence-electron chi connectivity index (χ4n) is 1.93. The van der Waals surface area contributed by atoms with Gasteiger partial charge in [0.2, 0.25) is 5.91 Å². The number of carbonyl (C=O) groups excluding carboxylic acids is 2. The first kappa shape index (κ1) is 12.2. The number of nitrogens with zero attached hydrogens (tertiary/aromatic N) is 1. The number of Topliss-reactive ketones (excluding diaryl/α,β-unsaturated/α-hetero) is 1. The molecule has 0 atom stereocenters. The molecule has 0 unspecified atom stereocenters. The SMILES string of the molecule is CC(C)CC(=O)N1CC(=O)CCC1(C)C. The zero-order chi connectivity index (χ0) is 11.6. The number of rotatable bonds is 2. The minimum Gasteiger partial charge on any atom is -0.330 e. The van der Waals surface area contributed by atoms with E-state index in [-0.39, 0.29) is 17.2 Å². The molecule has 0 bridgehead atoms. The van der Waals surface area contributed by atoms with Gasteiger partial charge in [0, 0.05) is 18.4 Å². The van der Waals surface area contributed by atoms with Gasteiger partial charge >= 0.3 is 0 Å². The molecular weight excluding hydrogens is 190 g/mol. The summed E-state index contributed by atoms with van der Waals surface area (Å²) < 4.78 is 0. The summed E-state index contributed by atoms with van der Waals surface area (Å²) in [5.74, 6) is 0.653. The summed E-state index contributed by atoms with van der Waals surface area (Å²) >= 11 is 0. The van der Waals surface area contributed by atoms with Gasteiger partial charge < -0.3 is 4.90 Å². The van der Waals surface area contributed by atoms with E-state index in [9.17, 15) is 9.59 Å². The highest BCUT2D eigenvalue weighted by Gasteiger charge is 2.36. The summed E-state index contributed by atoms with van der Waals surface area (Å²) in [6.07, 6.45) is 1.94. The number of hydrogen-bond donors (Lipinski definition) is 0. The lowest BCUT2D eigenvalue weighted by molar-refractivity contribution is -0.145. The van der Waals surface area contributed by atoms with Crippen molar-refractivity contribution in [2.24, 2.45) is 5.92 Å². The maximum absolute atomic E-state index is 11.9. The number of hydrogen-bond acceptors (Lipinski definition) is 2. The van der Waals surface area contributed by atoms with Crippen LogP contribution in [0.25, 0.3) is 0 Å². The molecule has 1 heterocycles. The highest BCUT2D eigenvalue weighted by Crippen LogP contribution is 2.26. The van der Waals surface area contributed by atoms with Crippen LogP contribution >= 0.6 is 0 Å². The van der Waals surface area contributed by atoms with Crippen molar-refractivity contribution in [2.45, 2.75) is 52.5 Å². The first-order valence-electron chi connectivity index (χ1n) is 5.65. The molecule has 1 amide bonds. The van der Waals surface area contributed by atoms with Crippen molar-refractivity contribution in [3.05, 3.63) is 0 Å². The Morgan fingerprint density at radius 1 is 1.47 bits per heavy atom. The summed E-state index contributed by atoms with van der Waals surface area (Å²) in [5.41, 5.74) is -0.153. The van der Waals surface area contributed by atoms with E-state index in [1.807, 2.05) is 27.7 Å². The Hall–Kier alpha value is -0.860. The van der Waals surface area contributed by atoms with Gasteiger partial charge in [-0.15, -0.1) is 0 Å². The van der Waals surface area contributed by atoms with Crippen LogP contribution in [-0.4, -0.2) is 28.7 Å². The van der Waals surface area contributed by atoms with Gasteiger partial charge in [-0.2, -0.15) is 0 Å². The van der Waals surface area contributed by atoms with Gasteiger partial charge in [-0.3, -0.25) is 9.59 Å². The molecule has 1 aliphatic heterocycles. The fourth-order valence-corrected chi connectivity index (χ4v) is 1.93. The Balaban J connectivity index is 2.71. The maximum atomic E-state index is 11.9. The van der Waals surface area contributed by atoms with E-state index in [0.717, 1.165) is 6.42 Å². The smallest absolute Gasteiger partial charge is 0.223 e. The second-order valence-electron chi connectivity index (χ2n) is 5.43. The van der Waals surface area contributed by atoms with Crippen molar-refractivity contribution in [1.29, 1.82) is 0 Å². The van der Waals surface area contributed by atoms with Gasteiger partial charge in [0.05, 0.1) is 6.54 Å². The molecule has 0 aromatic heterocycles. The maximum Gasteiger partial charge on any atom is 0.223 e. The lowest BCUT2D eigenvalue weighted by atomic mass is 9.89. The lowest BCUT2D eigenvalue weighted by Gasteiger charge is -2.42. The first-order chi connectivity index (χ1) is 6.83. The first-order valence-corrected chi connectivity index (χ1v) is 5.65.